The largest absolute Gasteiger partial charge is 0.456 e. The Hall–Kier alpha value is -1.32. The van der Waals surface area contributed by atoms with Gasteiger partial charge in [-0.1, -0.05) is 31.2 Å². The minimum Gasteiger partial charge on any atom is -0.456 e. The zero-order valence-electron chi connectivity index (χ0n) is 11.2. The van der Waals surface area contributed by atoms with Gasteiger partial charge in [0.25, 0.3) is 0 Å². The number of ether oxygens (including phenoxy) is 1. The van der Waals surface area contributed by atoms with E-state index >= 15 is 0 Å². The van der Waals surface area contributed by atoms with Crippen molar-refractivity contribution in [2.45, 2.75) is 19.4 Å². The molecule has 1 atom stereocenters. The first-order valence-electron chi connectivity index (χ1n) is 6.44. The van der Waals surface area contributed by atoms with E-state index in [1.54, 1.807) is 0 Å². The summed E-state index contributed by atoms with van der Waals surface area (Å²) in [5.41, 5.74) is 1.28. The summed E-state index contributed by atoms with van der Waals surface area (Å²) in [6, 6.07) is 16.5. The van der Waals surface area contributed by atoms with Crippen LogP contribution in [0.4, 0.5) is 0 Å². The SMILES string of the molecule is CCC(NC)c1ccc(Oc2ccccc2Br)cc1. The lowest BCUT2D eigenvalue weighted by Gasteiger charge is -2.15. The third kappa shape index (κ3) is 3.58. The van der Waals surface area contributed by atoms with Crippen molar-refractivity contribution in [1.82, 2.24) is 5.32 Å². The molecule has 1 unspecified atom stereocenters. The van der Waals surface area contributed by atoms with Crippen LogP contribution in [0.15, 0.2) is 53.0 Å². The summed E-state index contributed by atoms with van der Waals surface area (Å²) in [6.45, 7) is 2.17. The highest BCUT2D eigenvalue weighted by Gasteiger charge is 2.07. The van der Waals surface area contributed by atoms with E-state index in [1.165, 1.54) is 5.56 Å². The van der Waals surface area contributed by atoms with Gasteiger partial charge in [0.15, 0.2) is 0 Å². The highest BCUT2D eigenvalue weighted by Crippen LogP contribution is 2.29. The Morgan fingerprint density at radius 1 is 1.11 bits per heavy atom. The van der Waals surface area contributed by atoms with E-state index in [9.17, 15) is 0 Å². The molecule has 0 aromatic heterocycles. The second-order valence-corrected chi connectivity index (χ2v) is 5.21. The van der Waals surface area contributed by atoms with Gasteiger partial charge in [0, 0.05) is 6.04 Å². The van der Waals surface area contributed by atoms with Crippen molar-refractivity contribution in [3.63, 3.8) is 0 Å². The first kappa shape index (κ1) is 14.1. The van der Waals surface area contributed by atoms with Crippen LogP contribution in [0, 0.1) is 0 Å². The summed E-state index contributed by atoms with van der Waals surface area (Å²) < 4.78 is 6.80. The van der Waals surface area contributed by atoms with Gasteiger partial charge in [-0.3, -0.25) is 0 Å². The minimum atomic E-state index is 0.400. The van der Waals surface area contributed by atoms with Gasteiger partial charge in [-0.15, -0.1) is 0 Å². The Labute approximate surface area is 122 Å². The molecule has 0 aliphatic rings. The maximum atomic E-state index is 5.84. The molecule has 100 valence electrons. The number of halogens is 1. The third-order valence-electron chi connectivity index (χ3n) is 3.10. The van der Waals surface area contributed by atoms with E-state index in [2.05, 4.69) is 40.3 Å². The average molecular weight is 320 g/mol. The second kappa shape index (κ2) is 6.73. The highest BCUT2D eigenvalue weighted by molar-refractivity contribution is 9.10. The third-order valence-corrected chi connectivity index (χ3v) is 3.76. The van der Waals surface area contributed by atoms with Gasteiger partial charge in [0.2, 0.25) is 0 Å². The monoisotopic (exact) mass is 319 g/mol. The Morgan fingerprint density at radius 2 is 1.79 bits per heavy atom. The van der Waals surface area contributed by atoms with Gasteiger partial charge in [-0.25, -0.2) is 0 Å². The quantitative estimate of drug-likeness (QED) is 0.845. The molecule has 3 heteroatoms. The van der Waals surface area contributed by atoms with Crippen LogP contribution in [0.25, 0.3) is 0 Å². The molecule has 2 nitrogen and oxygen atoms in total. The zero-order chi connectivity index (χ0) is 13.7. The summed E-state index contributed by atoms with van der Waals surface area (Å²) in [5, 5.41) is 3.30. The van der Waals surface area contributed by atoms with Gasteiger partial charge in [0.1, 0.15) is 11.5 Å². The van der Waals surface area contributed by atoms with E-state index in [0.717, 1.165) is 22.4 Å². The normalized spacial score (nSPS) is 12.2. The average Bonchev–Trinajstić information content (AvgIpc) is 2.44. The van der Waals surface area contributed by atoms with E-state index in [0.29, 0.717) is 6.04 Å². The lowest BCUT2D eigenvalue weighted by atomic mass is 10.0. The van der Waals surface area contributed by atoms with E-state index in [1.807, 2.05) is 43.4 Å². The summed E-state index contributed by atoms with van der Waals surface area (Å²) in [4.78, 5) is 0. The molecule has 0 spiro atoms. The molecule has 2 aromatic carbocycles. The molecule has 19 heavy (non-hydrogen) atoms. The Morgan fingerprint density at radius 3 is 2.37 bits per heavy atom. The molecule has 0 amide bonds. The van der Waals surface area contributed by atoms with Crippen LogP contribution in [0.1, 0.15) is 24.9 Å². The predicted octanol–water partition coefficient (Wildman–Crippen LogP) is 4.91. The van der Waals surface area contributed by atoms with Crippen molar-refractivity contribution in [2.75, 3.05) is 7.05 Å². The Kier molecular flexibility index (Phi) is 5.00. The molecule has 0 aliphatic heterocycles. The van der Waals surface area contributed by atoms with E-state index < -0.39 is 0 Å². The summed E-state index contributed by atoms with van der Waals surface area (Å²) in [6.07, 6.45) is 1.07. The topological polar surface area (TPSA) is 21.3 Å². The van der Waals surface area contributed by atoms with Crippen molar-refractivity contribution >= 4 is 15.9 Å². The molecule has 0 saturated carbocycles. The number of rotatable bonds is 5. The van der Waals surface area contributed by atoms with Crippen LogP contribution in [-0.2, 0) is 0 Å². The van der Waals surface area contributed by atoms with Gasteiger partial charge in [-0.2, -0.15) is 0 Å². The molecule has 0 heterocycles. The lowest BCUT2D eigenvalue weighted by molar-refractivity contribution is 0.478. The van der Waals surface area contributed by atoms with Crippen LogP contribution in [0.3, 0.4) is 0 Å². The second-order valence-electron chi connectivity index (χ2n) is 4.35. The molecule has 2 aromatic rings. The number of hydrogen-bond donors (Lipinski definition) is 1. The molecule has 2 rings (SSSR count). The summed E-state index contributed by atoms with van der Waals surface area (Å²) in [7, 11) is 1.99. The Balaban J connectivity index is 2.13. The number of nitrogens with one attached hydrogen (secondary N) is 1. The van der Waals surface area contributed by atoms with Crippen molar-refractivity contribution in [1.29, 1.82) is 0 Å². The molecule has 0 bridgehead atoms. The number of hydrogen-bond acceptors (Lipinski definition) is 2. The van der Waals surface area contributed by atoms with E-state index in [4.69, 9.17) is 4.74 Å². The predicted molar refractivity (Wildman–Crippen MR) is 82.7 cm³/mol. The molecular weight excluding hydrogens is 302 g/mol. The van der Waals surface area contributed by atoms with Crippen LogP contribution in [0.2, 0.25) is 0 Å². The van der Waals surface area contributed by atoms with Gasteiger partial charge >= 0.3 is 0 Å². The van der Waals surface area contributed by atoms with Crippen molar-refractivity contribution in [3.05, 3.63) is 58.6 Å². The van der Waals surface area contributed by atoms with Crippen LogP contribution in [-0.4, -0.2) is 7.05 Å². The standard InChI is InChI=1S/C16H18BrNO/c1-3-15(18-2)12-8-10-13(11-9-12)19-16-7-5-4-6-14(16)17/h4-11,15,18H,3H2,1-2H3. The highest BCUT2D eigenvalue weighted by atomic mass is 79.9. The number of benzene rings is 2. The molecule has 0 aliphatic carbocycles. The fourth-order valence-electron chi connectivity index (χ4n) is 2.03. The van der Waals surface area contributed by atoms with Gasteiger partial charge in [-0.05, 0) is 59.2 Å². The lowest BCUT2D eigenvalue weighted by Crippen LogP contribution is -2.14. The first-order valence-corrected chi connectivity index (χ1v) is 7.23. The van der Waals surface area contributed by atoms with E-state index in [-0.39, 0.29) is 0 Å². The Bertz CT molecular complexity index is 521. The van der Waals surface area contributed by atoms with Crippen molar-refractivity contribution < 1.29 is 4.74 Å². The van der Waals surface area contributed by atoms with Crippen molar-refractivity contribution in [3.8, 4) is 11.5 Å². The fourth-order valence-corrected chi connectivity index (χ4v) is 2.39. The van der Waals surface area contributed by atoms with Gasteiger partial charge in [0.05, 0.1) is 4.47 Å². The van der Waals surface area contributed by atoms with Crippen LogP contribution < -0.4 is 10.1 Å². The first-order chi connectivity index (χ1) is 9.24. The molecule has 0 fully saturated rings. The molecule has 1 N–H and O–H groups in total. The molecule has 0 saturated heterocycles. The van der Waals surface area contributed by atoms with Crippen LogP contribution in [0.5, 0.6) is 11.5 Å². The fraction of sp³-hybridized carbons (Fsp3) is 0.250. The molecule has 0 radical (unpaired) electrons. The van der Waals surface area contributed by atoms with Crippen molar-refractivity contribution in [2.24, 2.45) is 0 Å². The number of para-hydroxylation sites is 1. The minimum absolute atomic E-state index is 0.400. The molecular formula is C16H18BrNO. The summed E-state index contributed by atoms with van der Waals surface area (Å²) in [5.74, 6) is 1.68. The van der Waals surface area contributed by atoms with Crippen LogP contribution >= 0.6 is 15.9 Å². The summed E-state index contributed by atoms with van der Waals surface area (Å²) >= 11 is 3.48. The smallest absolute Gasteiger partial charge is 0.141 e. The maximum absolute atomic E-state index is 5.84. The zero-order valence-corrected chi connectivity index (χ0v) is 12.8. The van der Waals surface area contributed by atoms with Gasteiger partial charge < -0.3 is 10.1 Å². The maximum Gasteiger partial charge on any atom is 0.141 e.